The molecule has 3 heterocycles. The average molecular weight is 303 g/mol. The van der Waals surface area contributed by atoms with Gasteiger partial charge in [0, 0.05) is 16.5 Å². The molecule has 0 amide bonds. The zero-order valence-corrected chi connectivity index (χ0v) is 12.1. The zero-order chi connectivity index (χ0) is 14.9. The summed E-state index contributed by atoms with van der Waals surface area (Å²) in [5.41, 5.74) is 3.02. The first-order valence-corrected chi connectivity index (χ1v) is 7.43. The minimum Gasteiger partial charge on any atom is -0.256 e. The van der Waals surface area contributed by atoms with Gasteiger partial charge in [0.15, 0.2) is 5.69 Å². The van der Waals surface area contributed by atoms with E-state index in [9.17, 15) is 0 Å². The summed E-state index contributed by atoms with van der Waals surface area (Å²) < 4.78 is 0. The topological polar surface area (TPSA) is 78.2 Å². The monoisotopic (exact) mass is 303 g/mol. The summed E-state index contributed by atoms with van der Waals surface area (Å²) in [5, 5.41) is 20.5. The van der Waals surface area contributed by atoms with Crippen LogP contribution < -0.4 is 0 Å². The van der Waals surface area contributed by atoms with Crippen molar-refractivity contribution in [1.82, 2.24) is 20.4 Å². The second-order valence-corrected chi connectivity index (χ2v) is 5.79. The van der Waals surface area contributed by atoms with Crippen molar-refractivity contribution in [3.63, 3.8) is 0 Å². The lowest BCUT2D eigenvalue weighted by Gasteiger charge is -2.00. The molecule has 0 atom stereocenters. The minimum absolute atomic E-state index is 0.316. The average Bonchev–Trinajstić information content (AvgIpc) is 3.22. The summed E-state index contributed by atoms with van der Waals surface area (Å²) in [6.07, 6.45) is 1.79. The molecule has 0 saturated carbocycles. The summed E-state index contributed by atoms with van der Waals surface area (Å²) >= 11 is 1.59. The number of hydrogen-bond acceptors (Lipinski definition) is 5. The Hall–Kier alpha value is -3.04. The SMILES string of the molecule is N#Cc1n[nH]nc1-c1ccc(-c2ccc3ncccc3c2)s1. The van der Waals surface area contributed by atoms with Crippen molar-refractivity contribution in [3.8, 4) is 27.1 Å². The Morgan fingerprint density at radius 3 is 2.86 bits per heavy atom. The van der Waals surface area contributed by atoms with Crippen molar-refractivity contribution < 1.29 is 0 Å². The van der Waals surface area contributed by atoms with Gasteiger partial charge < -0.3 is 0 Å². The van der Waals surface area contributed by atoms with Crippen LogP contribution in [0, 0.1) is 11.3 Å². The third kappa shape index (κ3) is 2.05. The Morgan fingerprint density at radius 2 is 1.95 bits per heavy atom. The predicted octanol–water partition coefficient (Wildman–Crippen LogP) is 3.62. The van der Waals surface area contributed by atoms with Crippen molar-refractivity contribution >= 4 is 22.2 Å². The van der Waals surface area contributed by atoms with Crippen LogP contribution in [-0.2, 0) is 0 Å². The van der Waals surface area contributed by atoms with Crippen LogP contribution in [0.15, 0.2) is 48.7 Å². The number of nitriles is 1. The Morgan fingerprint density at radius 1 is 1.05 bits per heavy atom. The third-order valence-corrected chi connectivity index (χ3v) is 4.52. The Labute approximate surface area is 129 Å². The number of aromatic amines is 1. The van der Waals surface area contributed by atoms with Gasteiger partial charge in [-0.1, -0.05) is 12.1 Å². The molecule has 22 heavy (non-hydrogen) atoms. The molecule has 4 aromatic rings. The van der Waals surface area contributed by atoms with Gasteiger partial charge in [-0.15, -0.1) is 16.4 Å². The van der Waals surface area contributed by atoms with Gasteiger partial charge >= 0.3 is 0 Å². The second kappa shape index (κ2) is 5.06. The maximum atomic E-state index is 9.04. The van der Waals surface area contributed by atoms with Gasteiger partial charge in [-0.2, -0.15) is 15.6 Å². The van der Waals surface area contributed by atoms with Crippen molar-refractivity contribution in [2.24, 2.45) is 0 Å². The first kappa shape index (κ1) is 12.7. The number of H-pyrrole nitrogens is 1. The molecule has 0 radical (unpaired) electrons. The number of thiophene rings is 1. The zero-order valence-electron chi connectivity index (χ0n) is 11.3. The number of pyridine rings is 1. The normalized spacial score (nSPS) is 10.7. The standard InChI is InChI=1S/C16H9N5S/c17-9-13-16(20-21-19-13)15-6-5-14(22-15)11-3-4-12-10(8-11)2-1-7-18-12/h1-8H,(H,19,20,21). The number of rotatable bonds is 2. The largest absolute Gasteiger partial charge is 0.256 e. The maximum absolute atomic E-state index is 9.04. The van der Waals surface area contributed by atoms with Crippen LogP contribution in [0.25, 0.3) is 31.9 Å². The Bertz CT molecular complexity index is 1010. The number of nitrogens with zero attached hydrogens (tertiary/aromatic N) is 4. The van der Waals surface area contributed by atoms with E-state index in [-0.39, 0.29) is 0 Å². The first-order valence-electron chi connectivity index (χ1n) is 6.61. The van der Waals surface area contributed by atoms with E-state index < -0.39 is 0 Å². The highest BCUT2D eigenvalue weighted by molar-refractivity contribution is 7.18. The van der Waals surface area contributed by atoms with Crippen molar-refractivity contribution in [2.75, 3.05) is 0 Å². The Balaban J connectivity index is 1.78. The van der Waals surface area contributed by atoms with E-state index >= 15 is 0 Å². The summed E-state index contributed by atoms with van der Waals surface area (Å²) in [7, 11) is 0. The van der Waals surface area contributed by atoms with Gasteiger partial charge in [-0.05, 0) is 35.9 Å². The van der Waals surface area contributed by atoms with E-state index in [0.29, 0.717) is 11.4 Å². The highest BCUT2D eigenvalue weighted by atomic mass is 32.1. The van der Waals surface area contributed by atoms with E-state index in [0.717, 1.165) is 26.2 Å². The van der Waals surface area contributed by atoms with Gasteiger partial charge in [0.25, 0.3) is 0 Å². The van der Waals surface area contributed by atoms with Crippen LogP contribution in [-0.4, -0.2) is 20.4 Å². The van der Waals surface area contributed by atoms with Crippen LogP contribution in [0.4, 0.5) is 0 Å². The summed E-state index contributed by atoms with van der Waals surface area (Å²) in [6, 6.07) is 16.2. The molecule has 0 saturated heterocycles. The lowest BCUT2D eigenvalue weighted by Crippen LogP contribution is -1.78. The fraction of sp³-hybridized carbons (Fsp3) is 0. The maximum Gasteiger partial charge on any atom is 0.191 e. The fourth-order valence-electron chi connectivity index (χ4n) is 2.33. The van der Waals surface area contributed by atoms with Crippen LogP contribution >= 0.6 is 11.3 Å². The summed E-state index contributed by atoms with van der Waals surface area (Å²) in [6.45, 7) is 0. The molecule has 5 nitrogen and oxygen atoms in total. The molecule has 0 aliphatic rings. The highest BCUT2D eigenvalue weighted by Gasteiger charge is 2.13. The van der Waals surface area contributed by atoms with E-state index in [1.165, 1.54) is 0 Å². The van der Waals surface area contributed by atoms with Gasteiger partial charge in [0.05, 0.1) is 10.4 Å². The molecular formula is C16H9N5S. The van der Waals surface area contributed by atoms with Crippen molar-refractivity contribution in [1.29, 1.82) is 5.26 Å². The molecule has 0 unspecified atom stereocenters. The quantitative estimate of drug-likeness (QED) is 0.613. The molecule has 6 heteroatoms. The van der Waals surface area contributed by atoms with E-state index in [2.05, 4.69) is 32.5 Å². The van der Waals surface area contributed by atoms with Crippen LogP contribution in [0.1, 0.15) is 5.69 Å². The number of nitrogens with one attached hydrogen (secondary N) is 1. The molecule has 1 aromatic carbocycles. The number of benzene rings is 1. The summed E-state index contributed by atoms with van der Waals surface area (Å²) in [4.78, 5) is 6.37. The molecule has 0 bridgehead atoms. The molecule has 3 aromatic heterocycles. The van der Waals surface area contributed by atoms with Crippen molar-refractivity contribution in [3.05, 3.63) is 54.4 Å². The number of aromatic nitrogens is 4. The number of hydrogen-bond donors (Lipinski definition) is 1. The minimum atomic E-state index is 0.316. The van der Waals surface area contributed by atoms with Gasteiger partial charge in [0.2, 0.25) is 0 Å². The third-order valence-electron chi connectivity index (χ3n) is 3.38. The van der Waals surface area contributed by atoms with Crippen LogP contribution in [0.5, 0.6) is 0 Å². The molecule has 0 aliphatic heterocycles. The molecule has 0 aliphatic carbocycles. The molecule has 1 N–H and O–H groups in total. The number of fused-ring (bicyclic) bond motifs is 1. The molecule has 0 fully saturated rings. The smallest absolute Gasteiger partial charge is 0.191 e. The lowest BCUT2D eigenvalue weighted by atomic mass is 10.1. The molecule has 0 spiro atoms. The predicted molar refractivity (Wildman–Crippen MR) is 85.1 cm³/mol. The summed E-state index contributed by atoms with van der Waals surface area (Å²) in [5.74, 6) is 0. The molecule has 104 valence electrons. The van der Waals surface area contributed by atoms with Crippen LogP contribution in [0.3, 0.4) is 0 Å². The fourth-order valence-corrected chi connectivity index (χ4v) is 3.32. The molecule has 4 rings (SSSR count). The Kier molecular flexibility index (Phi) is 2.92. The van der Waals surface area contributed by atoms with Gasteiger partial charge in [-0.3, -0.25) is 4.98 Å². The van der Waals surface area contributed by atoms with Crippen LogP contribution in [0.2, 0.25) is 0 Å². The van der Waals surface area contributed by atoms with Gasteiger partial charge in [-0.25, -0.2) is 0 Å². The highest BCUT2D eigenvalue weighted by Crippen LogP contribution is 2.35. The lowest BCUT2D eigenvalue weighted by molar-refractivity contribution is 0.937. The van der Waals surface area contributed by atoms with E-state index in [1.54, 1.807) is 17.5 Å². The van der Waals surface area contributed by atoms with Gasteiger partial charge in [0.1, 0.15) is 11.8 Å². The molecular weight excluding hydrogens is 294 g/mol. The second-order valence-electron chi connectivity index (χ2n) is 4.71. The first-order chi connectivity index (χ1) is 10.8. The van der Waals surface area contributed by atoms with E-state index in [1.807, 2.05) is 36.4 Å². The van der Waals surface area contributed by atoms with Crippen molar-refractivity contribution in [2.45, 2.75) is 0 Å². The van der Waals surface area contributed by atoms with E-state index in [4.69, 9.17) is 5.26 Å².